The van der Waals surface area contributed by atoms with Gasteiger partial charge in [0.1, 0.15) is 5.75 Å². The first-order valence-corrected chi connectivity index (χ1v) is 5.80. The molecule has 1 rings (SSSR count). The SMILES string of the molecule is COc1ccc(SCCCN)cc1Cl. The van der Waals surface area contributed by atoms with E-state index in [1.54, 1.807) is 18.9 Å². The van der Waals surface area contributed by atoms with Gasteiger partial charge in [-0.2, -0.15) is 0 Å². The molecule has 2 N–H and O–H groups in total. The highest BCUT2D eigenvalue weighted by Gasteiger charge is 2.01. The van der Waals surface area contributed by atoms with Gasteiger partial charge in [-0.25, -0.2) is 0 Å². The van der Waals surface area contributed by atoms with Gasteiger partial charge in [0.25, 0.3) is 0 Å². The summed E-state index contributed by atoms with van der Waals surface area (Å²) in [5, 5.41) is 0.658. The van der Waals surface area contributed by atoms with Crippen LogP contribution >= 0.6 is 23.4 Å². The second-order valence-corrected chi connectivity index (χ2v) is 4.36. The van der Waals surface area contributed by atoms with E-state index in [4.69, 9.17) is 22.1 Å². The molecule has 0 atom stereocenters. The first-order chi connectivity index (χ1) is 6.77. The highest BCUT2D eigenvalue weighted by molar-refractivity contribution is 7.99. The molecule has 0 aromatic heterocycles. The van der Waals surface area contributed by atoms with Crippen LogP contribution in [0.2, 0.25) is 5.02 Å². The summed E-state index contributed by atoms with van der Waals surface area (Å²) in [6.45, 7) is 0.733. The van der Waals surface area contributed by atoms with E-state index in [-0.39, 0.29) is 0 Å². The van der Waals surface area contributed by atoms with Gasteiger partial charge in [0, 0.05) is 4.90 Å². The fourth-order valence-electron chi connectivity index (χ4n) is 1.01. The summed E-state index contributed by atoms with van der Waals surface area (Å²) < 4.78 is 5.06. The Morgan fingerprint density at radius 3 is 2.86 bits per heavy atom. The van der Waals surface area contributed by atoms with Gasteiger partial charge < -0.3 is 10.5 Å². The molecule has 78 valence electrons. The average molecular weight is 232 g/mol. The minimum atomic E-state index is 0.658. The number of ether oxygens (including phenoxy) is 1. The summed E-state index contributed by atoms with van der Waals surface area (Å²) in [7, 11) is 1.61. The van der Waals surface area contributed by atoms with Crippen LogP contribution in [0.15, 0.2) is 23.1 Å². The van der Waals surface area contributed by atoms with Crippen LogP contribution in [0.5, 0.6) is 5.75 Å². The summed E-state index contributed by atoms with van der Waals surface area (Å²) in [6.07, 6.45) is 1.02. The van der Waals surface area contributed by atoms with Gasteiger partial charge in [0.15, 0.2) is 0 Å². The molecule has 14 heavy (non-hydrogen) atoms. The van der Waals surface area contributed by atoms with E-state index in [0.29, 0.717) is 5.02 Å². The van der Waals surface area contributed by atoms with Crippen molar-refractivity contribution < 1.29 is 4.74 Å². The maximum absolute atomic E-state index is 5.98. The molecule has 4 heteroatoms. The van der Waals surface area contributed by atoms with Crippen molar-refractivity contribution in [1.82, 2.24) is 0 Å². The predicted molar refractivity (Wildman–Crippen MR) is 62.4 cm³/mol. The third-order valence-electron chi connectivity index (χ3n) is 1.74. The number of hydrogen-bond donors (Lipinski definition) is 1. The largest absolute Gasteiger partial charge is 0.495 e. The lowest BCUT2D eigenvalue weighted by Gasteiger charge is -2.05. The third-order valence-corrected chi connectivity index (χ3v) is 3.12. The molecule has 2 nitrogen and oxygen atoms in total. The van der Waals surface area contributed by atoms with Crippen LogP contribution in [-0.4, -0.2) is 19.4 Å². The summed E-state index contributed by atoms with van der Waals surface area (Å²) in [4.78, 5) is 1.16. The number of rotatable bonds is 5. The summed E-state index contributed by atoms with van der Waals surface area (Å²) >= 11 is 7.74. The molecule has 1 aromatic rings. The van der Waals surface area contributed by atoms with Gasteiger partial charge in [0.2, 0.25) is 0 Å². The van der Waals surface area contributed by atoms with Gasteiger partial charge in [-0.15, -0.1) is 11.8 Å². The molecule has 1 aromatic carbocycles. The molecule has 0 radical (unpaired) electrons. The second kappa shape index (κ2) is 6.17. The van der Waals surface area contributed by atoms with Gasteiger partial charge >= 0.3 is 0 Å². The Kier molecular flexibility index (Phi) is 5.15. The van der Waals surface area contributed by atoms with Crippen LogP contribution in [0.4, 0.5) is 0 Å². The summed E-state index contributed by atoms with van der Waals surface area (Å²) in [5.74, 6) is 1.74. The monoisotopic (exact) mass is 231 g/mol. The number of halogens is 1. The molecule has 0 bridgehead atoms. The minimum Gasteiger partial charge on any atom is -0.495 e. The van der Waals surface area contributed by atoms with Gasteiger partial charge in [-0.1, -0.05) is 11.6 Å². The molecule has 0 amide bonds. The maximum Gasteiger partial charge on any atom is 0.137 e. The lowest BCUT2D eigenvalue weighted by Crippen LogP contribution is -1.99. The standard InChI is InChI=1S/C10H14ClNOS/c1-13-10-4-3-8(7-9(10)11)14-6-2-5-12/h3-4,7H,2,5-6,12H2,1H3. The van der Waals surface area contributed by atoms with E-state index in [2.05, 4.69) is 0 Å². The molecule has 0 aliphatic heterocycles. The minimum absolute atomic E-state index is 0.658. The summed E-state index contributed by atoms with van der Waals surface area (Å²) in [5.41, 5.74) is 5.41. The lowest BCUT2D eigenvalue weighted by molar-refractivity contribution is 0.414. The fourth-order valence-corrected chi connectivity index (χ4v) is 2.24. The molecule has 0 saturated carbocycles. The van der Waals surface area contributed by atoms with Gasteiger partial charge in [0.05, 0.1) is 12.1 Å². The molecule has 0 aliphatic rings. The molecule has 0 aliphatic carbocycles. The Morgan fingerprint density at radius 1 is 1.50 bits per heavy atom. The normalized spacial score (nSPS) is 10.2. The molecular weight excluding hydrogens is 218 g/mol. The average Bonchev–Trinajstić information content (AvgIpc) is 2.18. The van der Waals surface area contributed by atoms with Crippen molar-refractivity contribution in [1.29, 1.82) is 0 Å². The van der Waals surface area contributed by atoms with Crippen LogP contribution < -0.4 is 10.5 Å². The molecular formula is C10H14ClNOS. The van der Waals surface area contributed by atoms with Crippen molar-refractivity contribution in [2.24, 2.45) is 5.73 Å². The molecule has 0 unspecified atom stereocenters. The Labute approximate surface area is 93.8 Å². The van der Waals surface area contributed by atoms with Crippen LogP contribution in [-0.2, 0) is 0 Å². The first kappa shape index (κ1) is 11.7. The van der Waals surface area contributed by atoms with Crippen molar-refractivity contribution in [3.63, 3.8) is 0 Å². The Hall–Kier alpha value is -0.380. The Balaban J connectivity index is 2.57. The van der Waals surface area contributed by atoms with Gasteiger partial charge in [-0.3, -0.25) is 0 Å². The van der Waals surface area contributed by atoms with Crippen molar-refractivity contribution in [2.45, 2.75) is 11.3 Å². The van der Waals surface area contributed by atoms with Crippen LogP contribution in [0, 0.1) is 0 Å². The van der Waals surface area contributed by atoms with Crippen molar-refractivity contribution in [3.8, 4) is 5.75 Å². The lowest BCUT2D eigenvalue weighted by atomic mass is 10.3. The highest BCUT2D eigenvalue weighted by atomic mass is 35.5. The van der Waals surface area contributed by atoms with Crippen molar-refractivity contribution in [3.05, 3.63) is 23.2 Å². The number of benzene rings is 1. The smallest absolute Gasteiger partial charge is 0.137 e. The number of nitrogens with two attached hydrogens (primary N) is 1. The summed E-state index contributed by atoms with van der Waals surface area (Å²) in [6, 6.07) is 5.81. The maximum atomic E-state index is 5.98. The van der Waals surface area contributed by atoms with Crippen molar-refractivity contribution in [2.75, 3.05) is 19.4 Å². The van der Waals surface area contributed by atoms with Gasteiger partial charge in [-0.05, 0) is 36.9 Å². The quantitative estimate of drug-likeness (QED) is 0.625. The van der Waals surface area contributed by atoms with Crippen molar-refractivity contribution >= 4 is 23.4 Å². The van der Waals surface area contributed by atoms with E-state index in [1.165, 1.54) is 0 Å². The number of methoxy groups -OCH3 is 1. The third kappa shape index (κ3) is 3.40. The molecule has 0 fully saturated rings. The van der Waals surface area contributed by atoms with Crippen LogP contribution in [0.1, 0.15) is 6.42 Å². The Morgan fingerprint density at radius 2 is 2.29 bits per heavy atom. The Bertz CT molecular complexity index is 293. The van der Waals surface area contributed by atoms with E-state index < -0.39 is 0 Å². The zero-order chi connectivity index (χ0) is 10.4. The fraction of sp³-hybridized carbons (Fsp3) is 0.400. The molecule has 0 heterocycles. The van der Waals surface area contributed by atoms with E-state index >= 15 is 0 Å². The van der Waals surface area contributed by atoms with Crippen LogP contribution in [0.3, 0.4) is 0 Å². The van der Waals surface area contributed by atoms with Crippen LogP contribution in [0.25, 0.3) is 0 Å². The molecule has 0 spiro atoms. The number of hydrogen-bond acceptors (Lipinski definition) is 3. The number of thioether (sulfide) groups is 1. The van der Waals surface area contributed by atoms with E-state index in [0.717, 1.165) is 29.4 Å². The molecule has 0 saturated heterocycles. The zero-order valence-corrected chi connectivity index (χ0v) is 9.70. The highest BCUT2D eigenvalue weighted by Crippen LogP contribution is 2.29. The van der Waals surface area contributed by atoms with E-state index in [9.17, 15) is 0 Å². The second-order valence-electron chi connectivity index (χ2n) is 2.79. The van der Waals surface area contributed by atoms with E-state index in [1.807, 2.05) is 18.2 Å². The zero-order valence-electron chi connectivity index (χ0n) is 8.13. The first-order valence-electron chi connectivity index (χ1n) is 4.44. The topological polar surface area (TPSA) is 35.2 Å². The predicted octanol–water partition coefficient (Wildman–Crippen LogP) is 2.79.